The number of carboxylic acid groups (broad SMARTS) is 1. The van der Waals surface area contributed by atoms with Crippen molar-refractivity contribution in [2.45, 2.75) is 12.5 Å². The van der Waals surface area contributed by atoms with Crippen molar-refractivity contribution < 1.29 is 9.90 Å². The number of carboxylic acids is 1. The Hall–Kier alpha value is -0.620. The Morgan fingerprint density at radius 1 is 1.67 bits per heavy atom. The average Bonchev–Trinajstić information content (AvgIpc) is 2.58. The first-order valence-corrected chi connectivity index (χ1v) is 5.72. The highest BCUT2D eigenvalue weighted by Gasteiger charge is 2.09. The first-order chi connectivity index (χ1) is 7.09. The monoisotopic (exact) mass is 248 g/mol. The normalized spacial score (nSPS) is 12.7. The smallest absolute Gasteiger partial charge is 0.321 e. The largest absolute Gasteiger partial charge is 0.480 e. The van der Waals surface area contributed by atoms with Crippen molar-refractivity contribution in [3.8, 4) is 0 Å². The van der Waals surface area contributed by atoms with Crippen LogP contribution in [-0.2, 0) is 11.2 Å². The summed E-state index contributed by atoms with van der Waals surface area (Å²) in [5.41, 5.74) is 5.32. The van der Waals surface area contributed by atoms with Crippen LogP contribution >= 0.6 is 22.9 Å². The third kappa shape index (κ3) is 4.61. The molecule has 0 aliphatic heterocycles. The molecule has 84 valence electrons. The molecule has 0 amide bonds. The molecule has 0 aromatic carbocycles. The first kappa shape index (κ1) is 12.4. The van der Waals surface area contributed by atoms with E-state index in [4.69, 9.17) is 22.4 Å². The molecule has 4 nitrogen and oxygen atoms in total. The molecule has 1 unspecified atom stereocenters. The van der Waals surface area contributed by atoms with Crippen molar-refractivity contribution in [2.24, 2.45) is 5.73 Å². The molecule has 1 heterocycles. The van der Waals surface area contributed by atoms with Gasteiger partial charge in [0, 0.05) is 18.0 Å². The van der Waals surface area contributed by atoms with Crippen molar-refractivity contribution in [1.82, 2.24) is 5.32 Å². The maximum atomic E-state index is 10.4. The van der Waals surface area contributed by atoms with Crippen LogP contribution in [0.3, 0.4) is 0 Å². The van der Waals surface area contributed by atoms with E-state index < -0.39 is 12.0 Å². The van der Waals surface area contributed by atoms with Crippen molar-refractivity contribution in [3.63, 3.8) is 0 Å². The quantitative estimate of drug-likeness (QED) is 0.655. The average molecular weight is 249 g/mol. The predicted octanol–water partition coefficient (Wildman–Crippen LogP) is 0.945. The van der Waals surface area contributed by atoms with Gasteiger partial charge in [-0.1, -0.05) is 11.6 Å². The molecule has 1 atom stereocenters. The van der Waals surface area contributed by atoms with Gasteiger partial charge in [-0.2, -0.15) is 0 Å². The van der Waals surface area contributed by atoms with Crippen LogP contribution in [0.1, 0.15) is 4.88 Å². The minimum atomic E-state index is -0.985. The molecule has 1 aromatic rings. The minimum absolute atomic E-state index is 0.286. The van der Waals surface area contributed by atoms with Crippen LogP contribution in [0.5, 0.6) is 0 Å². The van der Waals surface area contributed by atoms with Crippen LogP contribution in [0.25, 0.3) is 0 Å². The van der Waals surface area contributed by atoms with E-state index in [2.05, 4.69) is 5.32 Å². The van der Waals surface area contributed by atoms with Gasteiger partial charge in [0.05, 0.1) is 4.34 Å². The number of aliphatic carboxylic acids is 1. The first-order valence-electron chi connectivity index (χ1n) is 4.53. The molecular formula is C9H13ClN2O2S. The van der Waals surface area contributed by atoms with Gasteiger partial charge in [0.2, 0.25) is 0 Å². The summed E-state index contributed by atoms with van der Waals surface area (Å²) < 4.78 is 0.771. The molecule has 1 rings (SSSR count). The summed E-state index contributed by atoms with van der Waals surface area (Å²) in [6.45, 7) is 0.992. The molecule has 0 radical (unpaired) electrons. The highest BCUT2D eigenvalue weighted by molar-refractivity contribution is 7.16. The van der Waals surface area contributed by atoms with Crippen LogP contribution in [-0.4, -0.2) is 30.2 Å². The molecule has 0 spiro atoms. The van der Waals surface area contributed by atoms with Crippen LogP contribution < -0.4 is 11.1 Å². The van der Waals surface area contributed by atoms with Crippen molar-refractivity contribution in [2.75, 3.05) is 13.1 Å². The lowest BCUT2D eigenvalue weighted by Crippen LogP contribution is -2.40. The number of hydrogen-bond acceptors (Lipinski definition) is 4. The molecule has 4 N–H and O–H groups in total. The Morgan fingerprint density at radius 3 is 2.93 bits per heavy atom. The highest BCUT2D eigenvalue weighted by Crippen LogP contribution is 2.21. The highest BCUT2D eigenvalue weighted by atomic mass is 35.5. The van der Waals surface area contributed by atoms with E-state index in [-0.39, 0.29) is 6.54 Å². The SMILES string of the molecule is NC(CNCCc1ccc(Cl)s1)C(=O)O. The number of nitrogens with two attached hydrogens (primary N) is 1. The number of thiophene rings is 1. The molecule has 0 aliphatic rings. The lowest BCUT2D eigenvalue weighted by molar-refractivity contribution is -0.138. The molecule has 0 fully saturated rings. The summed E-state index contributed by atoms with van der Waals surface area (Å²) in [6.07, 6.45) is 0.837. The third-order valence-electron chi connectivity index (χ3n) is 1.86. The molecule has 1 aromatic heterocycles. The fraction of sp³-hybridized carbons (Fsp3) is 0.444. The Bertz CT molecular complexity index is 330. The zero-order valence-electron chi connectivity index (χ0n) is 8.07. The number of carbonyl (C=O) groups is 1. The summed E-state index contributed by atoms with van der Waals surface area (Å²) in [4.78, 5) is 11.6. The second-order valence-corrected chi connectivity index (χ2v) is 4.90. The summed E-state index contributed by atoms with van der Waals surface area (Å²) >= 11 is 7.30. The molecular weight excluding hydrogens is 236 g/mol. The van der Waals surface area contributed by atoms with Gasteiger partial charge in [0.25, 0.3) is 0 Å². The third-order valence-corrected chi connectivity index (χ3v) is 3.15. The van der Waals surface area contributed by atoms with Crippen LogP contribution in [0.2, 0.25) is 4.34 Å². The van der Waals surface area contributed by atoms with E-state index in [9.17, 15) is 4.79 Å². The van der Waals surface area contributed by atoms with E-state index in [1.807, 2.05) is 12.1 Å². The lowest BCUT2D eigenvalue weighted by Gasteiger charge is -2.07. The van der Waals surface area contributed by atoms with E-state index in [0.717, 1.165) is 10.8 Å². The summed E-state index contributed by atoms with van der Waals surface area (Å²) in [7, 11) is 0. The minimum Gasteiger partial charge on any atom is -0.480 e. The molecule has 6 heteroatoms. The lowest BCUT2D eigenvalue weighted by atomic mass is 10.3. The second-order valence-electron chi connectivity index (χ2n) is 3.10. The maximum absolute atomic E-state index is 10.4. The molecule has 0 aliphatic carbocycles. The van der Waals surface area contributed by atoms with Gasteiger partial charge in [-0.15, -0.1) is 11.3 Å². The Kier molecular flexibility index (Phi) is 5.04. The number of rotatable bonds is 6. The van der Waals surface area contributed by atoms with Gasteiger partial charge >= 0.3 is 5.97 Å². The predicted molar refractivity (Wildman–Crippen MR) is 61.5 cm³/mol. The number of nitrogens with one attached hydrogen (secondary N) is 1. The number of halogens is 1. The Labute approximate surface area is 97.0 Å². The summed E-state index contributed by atoms with van der Waals surface area (Å²) in [6, 6.07) is 2.98. The van der Waals surface area contributed by atoms with E-state index >= 15 is 0 Å². The molecule has 0 bridgehead atoms. The van der Waals surface area contributed by atoms with E-state index in [1.54, 1.807) is 0 Å². The summed E-state index contributed by atoms with van der Waals surface area (Å²) in [5, 5.41) is 11.5. The van der Waals surface area contributed by atoms with Crippen molar-refractivity contribution in [3.05, 3.63) is 21.3 Å². The topological polar surface area (TPSA) is 75.3 Å². The standard InChI is InChI=1S/C9H13ClN2O2S/c10-8-2-1-6(15-8)3-4-12-5-7(11)9(13)14/h1-2,7,12H,3-5,11H2,(H,13,14). The zero-order valence-corrected chi connectivity index (χ0v) is 9.64. The number of hydrogen-bond donors (Lipinski definition) is 3. The van der Waals surface area contributed by atoms with Gasteiger partial charge in [0.1, 0.15) is 6.04 Å². The maximum Gasteiger partial charge on any atom is 0.321 e. The fourth-order valence-corrected chi connectivity index (χ4v) is 2.13. The van der Waals surface area contributed by atoms with E-state index in [0.29, 0.717) is 6.54 Å². The molecule has 15 heavy (non-hydrogen) atoms. The van der Waals surface area contributed by atoms with Gasteiger partial charge in [-0.25, -0.2) is 0 Å². The Morgan fingerprint density at radius 2 is 2.40 bits per heavy atom. The van der Waals surface area contributed by atoms with E-state index in [1.165, 1.54) is 16.2 Å². The molecule has 0 saturated heterocycles. The van der Waals surface area contributed by atoms with Gasteiger partial charge < -0.3 is 16.2 Å². The van der Waals surface area contributed by atoms with Gasteiger partial charge in [-0.3, -0.25) is 4.79 Å². The van der Waals surface area contributed by atoms with Crippen LogP contribution in [0.4, 0.5) is 0 Å². The summed E-state index contributed by atoms with van der Waals surface area (Å²) in [5.74, 6) is -0.985. The van der Waals surface area contributed by atoms with Gasteiger partial charge in [-0.05, 0) is 18.6 Å². The molecule has 0 saturated carbocycles. The van der Waals surface area contributed by atoms with Gasteiger partial charge in [0.15, 0.2) is 0 Å². The fourth-order valence-electron chi connectivity index (χ4n) is 1.04. The second kappa shape index (κ2) is 6.07. The Balaban J connectivity index is 2.14. The van der Waals surface area contributed by atoms with Crippen LogP contribution in [0.15, 0.2) is 12.1 Å². The van der Waals surface area contributed by atoms with Crippen LogP contribution in [0, 0.1) is 0 Å². The zero-order chi connectivity index (χ0) is 11.3. The van der Waals surface area contributed by atoms with Crippen molar-refractivity contribution in [1.29, 1.82) is 0 Å². The van der Waals surface area contributed by atoms with Crippen molar-refractivity contribution >= 4 is 28.9 Å².